The SMILES string of the molecule is CCS(=O)(=O)c1cccc2c1nc(CC(C)(C)C)n2CCOC(F)(F)F. The van der Waals surface area contributed by atoms with Gasteiger partial charge in [-0.3, -0.25) is 4.74 Å². The molecule has 0 saturated carbocycles. The van der Waals surface area contributed by atoms with Gasteiger partial charge in [0, 0.05) is 13.0 Å². The van der Waals surface area contributed by atoms with Crippen LogP contribution in [0.2, 0.25) is 0 Å². The Labute approximate surface area is 151 Å². The van der Waals surface area contributed by atoms with Gasteiger partial charge in [0.05, 0.1) is 22.8 Å². The lowest BCUT2D eigenvalue weighted by atomic mass is 9.92. The highest BCUT2D eigenvalue weighted by Gasteiger charge is 2.29. The summed E-state index contributed by atoms with van der Waals surface area (Å²) in [4.78, 5) is 4.57. The van der Waals surface area contributed by atoms with Crippen LogP contribution in [0, 0.1) is 5.41 Å². The maximum Gasteiger partial charge on any atom is 0.522 e. The second-order valence-corrected chi connectivity index (χ2v) is 9.49. The minimum Gasteiger partial charge on any atom is -0.326 e. The third-order valence-corrected chi connectivity index (χ3v) is 5.56. The topological polar surface area (TPSA) is 61.2 Å². The molecule has 1 heterocycles. The molecule has 0 aliphatic rings. The fourth-order valence-corrected chi connectivity index (χ4v) is 3.73. The number of benzene rings is 1. The molecule has 0 aliphatic carbocycles. The van der Waals surface area contributed by atoms with Crippen molar-refractivity contribution >= 4 is 20.9 Å². The van der Waals surface area contributed by atoms with Crippen molar-refractivity contribution in [2.75, 3.05) is 12.4 Å². The minimum atomic E-state index is -4.71. The smallest absolute Gasteiger partial charge is 0.326 e. The number of sulfone groups is 1. The molecule has 0 fully saturated rings. The number of ether oxygens (including phenoxy) is 1. The summed E-state index contributed by atoms with van der Waals surface area (Å²) >= 11 is 0. The molecular formula is C17H23F3N2O3S. The summed E-state index contributed by atoms with van der Waals surface area (Å²) in [6.45, 7) is 6.83. The van der Waals surface area contributed by atoms with Crippen LogP contribution in [0.25, 0.3) is 11.0 Å². The van der Waals surface area contributed by atoms with E-state index in [0.717, 1.165) is 0 Å². The van der Waals surface area contributed by atoms with Gasteiger partial charge in [0.2, 0.25) is 0 Å². The van der Waals surface area contributed by atoms with Gasteiger partial charge in [-0.05, 0) is 17.5 Å². The van der Waals surface area contributed by atoms with E-state index < -0.39 is 22.8 Å². The molecule has 26 heavy (non-hydrogen) atoms. The van der Waals surface area contributed by atoms with Gasteiger partial charge in [0.25, 0.3) is 0 Å². The van der Waals surface area contributed by atoms with E-state index in [-0.39, 0.29) is 22.6 Å². The van der Waals surface area contributed by atoms with Gasteiger partial charge in [-0.15, -0.1) is 13.2 Å². The van der Waals surface area contributed by atoms with Crippen LogP contribution >= 0.6 is 0 Å². The first-order valence-electron chi connectivity index (χ1n) is 8.25. The van der Waals surface area contributed by atoms with Crippen LogP contribution in [0.5, 0.6) is 0 Å². The zero-order valence-electron chi connectivity index (χ0n) is 15.2. The Morgan fingerprint density at radius 2 is 1.85 bits per heavy atom. The minimum absolute atomic E-state index is 0.0724. The van der Waals surface area contributed by atoms with Crippen molar-refractivity contribution in [3.63, 3.8) is 0 Å². The molecule has 0 bridgehead atoms. The monoisotopic (exact) mass is 392 g/mol. The average Bonchev–Trinajstić information content (AvgIpc) is 2.81. The normalized spacial score (nSPS) is 13.5. The summed E-state index contributed by atoms with van der Waals surface area (Å²) < 4.78 is 67.1. The Bertz CT molecular complexity index is 881. The van der Waals surface area contributed by atoms with E-state index in [2.05, 4.69) is 9.72 Å². The molecule has 1 aromatic carbocycles. The predicted molar refractivity (Wildman–Crippen MR) is 92.6 cm³/mol. The third-order valence-electron chi connectivity index (χ3n) is 3.81. The number of hydrogen-bond donors (Lipinski definition) is 0. The summed E-state index contributed by atoms with van der Waals surface area (Å²) in [5.74, 6) is 0.460. The predicted octanol–water partition coefficient (Wildman–Crippen LogP) is 3.95. The maximum atomic E-state index is 12.3. The number of alkyl halides is 3. The molecule has 146 valence electrons. The number of para-hydroxylation sites is 1. The molecule has 2 rings (SSSR count). The molecule has 0 saturated heterocycles. The molecule has 0 amide bonds. The number of imidazole rings is 1. The van der Waals surface area contributed by atoms with Crippen molar-refractivity contribution in [3.8, 4) is 0 Å². The number of fused-ring (bicyclic) bond motifs is 1. The van der Waals surface area contributed by atoms with Crippen LogP contribution in [0.1, 0.15) is 33.5 Å². The van der Waals surface area contributed by atoms with E-state index in [1.807, 2.05) is 20.8 Å². The van der Waals surface area contributed by atoms with Crippen LogP contribution in [0.4, 0.5) is 13.2 Å². The van der Waals surface area contributed by atoms with Gasteiger partial charge in [-0.1, -0.05) is 33.8 Å². The quantitative estimate of drug-likeness (QED) is 0.747. The van der Waals surface area contributed by atoms with E-state index >= 15 is 0 Å². The molecule has 0 N–H and O–H groups in total. The first kappa shape index (κ1) is 20.7. The van der Waals surface area contributed by atoms with Gasteiger partial charge in [0.1, 0.15) is 11.3 Å². The molecule has 2 aromatic rings. The first-order valence-corrected chi connectivity index (χ1v) is 9.91. The Balaban J connectivity index is 2.55. The highest BCUT2D eigenvalue weighted by molar-refractivity contribution is 7.91. The molecular weight excluding hydrogens is 369 g/mol. The van der Waals surface area contributed by atoms with E-state index in [4.69, 9.17) is 0 Å². The summed E-state index contributed by atoms with van der Waals surface area (Å²) in [5.41, 5.74) is 0.610. The lowest BCUT2D eigenvalue weighted by Crippen LogP contribution is -2.20. The van der Waals surface area contributed by atoms with Gasteiger partial charge in [-0.25, -0.2) is 13.4 Å². The van der Waals surface area contributed by atoms with Crippen LogP contribution in [-0.2, 0) is 27.5 Å². The number of nitrogens with zero attached hydrogens (tertiary/aromatic N) is 2. The lowest BCUT2D eigenvalue weighted by Gasteiger charge is -2.19. The molecule has 1 aromatic heterocycles. The second kappa shape index (κ2) is 7.19. The third kappa shape index (κ3) is 4.97. The van der Waals surface area contributed by atoms with Crippen molar-refractivity contribution in [3.05, 3.63) is 24.0 Å². The second-order valence-electron chi connectivity index (χ2n) is 7.24. The van der Waals surface area contributed by atoms with Gasteiger partial charge < -0.3 is 4.57 Å². The Morgan fingerprint density at radius 3 is 2.38 bits per heavy atom. The average molecular weight is 392 g/mol. The Hall–Kier alpha value is -1.61. The largest absolute Gasteiger partial charge is 0.522 e. The lowest BCUT2D eigenvalue weighted by molar-refractivity contribution is -0.325. The first-order chi connectivity index (χ1) is 11.8. The number of rotatable bonds is 6. The molecule has 0 spiro atoms. The zero-order chi connectivity index (χ0) is 19.8. The summed E-state index contributed by atoms with van der Waals surface area (Å²) in [5, 5.41) is 0. The molecule has 5 nitrogen and oxygen atoms in total. The van der Waals surface area contributed by atoms with Crippen LogP contribution in [0.3, 0.4) is 0 Å². The van der Waals surface area contributed by atoms with Crippen molar-refractivity contribution in [1.82, 2.24) is 9.55 Å². The van der Waals surface area contributed by atoms with Gasteiger partial charge >= 0.3 is 6.36 Å². The van der Waals surface area contributed by atoms with Crippen molar-refractivity contribution in [2.24, 2.45) is 5.41 Å². The highest BCUT2D eigenvalue weighted by Crippen LogP contribution is 2.28. The van der Waals surface area contributed by atoms with E-state index in [9.17, 15) is 21.6 Å². The molecule has 0 unspecified atom stereocenters. The Kier molecular flexibility index (Phi) is 5.72. The fourth-order valence-electron chi connectivity index (χ4n) is 2.69. The van der Waals surface area contributed by atoms with Crippen molar-refractivity contribution < 1.29 is 26.3 Å². The van der Waals surface area contributed by atoms with Crippen molar-refractivity contribution in [1.29, 1.82) is 0 Å². The van der Waals surface area contributed by atoms with Crippen molar-refractivity contribution in [2.45, 2.75) is 51.9 Å². The summed E-state index contributed by atoms with van der Waals surface area (Å²) in [7, 11) is -3.50. The maximum absolute atomic E-state index is 12.3. The van der Waals surface area contributed by atoms with Crippen LogP contribution in [-0.4, -0.2) is 36.7 Å². The number of aromatic nitrogens is 2. The highest BCUT2D eigenvalue weighted by atomic mass is 32.2. The zero-order valence-corrected chi connectivity index (χ0v) is 16.0. The molecule has 0 aliphatic heterocycles. The Morgan fingerprint density at radius 1 is 1.19 bits per heavy atom. The van der Waals surface area contributed by atoms with Gasteiger partial charge in [0.15, 0.2) is 9.84 Å². The van der Waals surface area contributed by atoms with E-state index in [1.165, 1.54) is 6.07 Å². The van der Waals surface area contributed by atoms with Gasteiger partial charge in [-0.2, -0.15) is 0 Å². The number of halogens is 3. The molecule has 0 atom stereocenters. The standard InChI is InChI=1S/C17H23F3N2O3S/c1-5-26(23,24)13-8-6-7-12-15(13)21-14(11-16(2,3)4)22(12)9-10-25-17(18,19)20/h6-8H,5,9-11H2,1-4H3. The summed E-state index contributed by atoms with van der Waals surface area (Å²) in [6, 6.07) is 4.72. The fraction of sp³-hybridized carbons (Fsp3) is 0.588. The van der Waals surface area contributed by atoms with Crippen LogP contribution in [0.15, 0.2) is 23.1 Å². The molecule has 0 radical (unpaired) electrons. The van der Waals surface area contributed by atoms with Crippen LogP contribution < -0.4 is 0 Å². The molecule has 9 heteroatoms. The van der Waals surface area contributed by atoms with E-state index in [0.29, 0.717) is 23.3 Å². The number of hydrogen-bond acceptors (Lipinski definition) is 4. The van der Waals surface area contributed by atoms with E-state index in [1.54, 1.807) is 23.6 Å². The summed E-state index contributed by atoms with van der Waals surface area (Å²) in [6.07, 6.45) is -4.23.